The molecule has 2 aliphatic rings. The van der Waals surface area contributed by atoms with Crippen molar-refractivity contribution in [2.45, 2.75) is 44.6 Å². The summed E-state index contributed by atoms with van der Waals surface area (Å²) in [7, 11) is 0. The molecule has 1 aliphatic heterocycles. The van der Waals surface area contributed by atoms with Crippen molar-refractivity contribution >= 4 is 5.91 Å². The summed E-state index contributed by atoms with van der Waals surface area (Å²) in [5.41, 5.74) is 2.76. The Morgan fingerprint density at radius 1 is 1.40 bits per heavy atom. The minimum Gasteiger partial charge on any atom is -0.366 e. The average molecular weight is 340 g/mol. The van der Waals surface area contributed by atoms with E-state index in [0.717, 1.165) is 25.1 Å². The van der Waals surface area contributed by atoms with Crippen molar-refractivity contribution in [2.75, 3.05) is 19.7 Å². The maximum Gasteiger partial charge on any atom is 0.223 e. The first-order valence-corrected chi connectivity index (χ1v) is 9.07. The van der Waals surface area contributed by atoms with Crippen molar-refractivity contribution < 1.29 is 9.53 Å². The van der Waals surface area contributed by atoms with Crippen LogP contribution in [-0.4, -0.2) is 45.7 Å². The molecule has 4 rings (SSSR count). The van der Waals surface area contributed by atoms with Gasteiger partial charge in [0.05, 0.1) is 13.2 Å². The number of amides is 1. The lowest BCUT2D eigenvalue weighted by Gasteiger charge is -2.33. The third-order valence-corrected chi connectivity index (χ3v) is 5.24. The molecule has 1 amide bonds. The van der Waals surface area contributed by atoms with Gasteiger partial charge in [0.15, 0.2) is 5.82 Å². The van der Waals surface area contributed by atoms with Gasteiger partial charge < -0.3 is 9.64 Å². The van der Waals surface area contributed by atoms with E-state index in [9.17, 15) is 4.79 Å². The van der Waals surface area contributed by atoms with Crippen LogP contribution < -0.4 is 0 Å². The highest BCUT2D eigenvalue weighted by Crippen LogP contribution is 2.34. The largest absolute Gasteiger partial charge is 0.366 e. The zero-order valence-electron chi connectivity index (χ0n) is 14.6. The Morgan fingerprint density at radius 3 is 3.12 bits per heavy atom. The number of nitrogens with zero attached hydrogens (tertiary/aromatic N) is 3. The maximum absolute atomic E-state index is 12.9. The fourth-order valence-corrected chi connectivity index (χ4v) is 3.94. The highest BCUT2D eigenvalue weighted by Gasteiger charge is 2.30. The van der Waals surface area contributed by atoms with E-state index in [1.807, 2.05) is 11.8 Å². The molecule has 6 heteroatoms. The van der Waals surface area contributed by atoms with E-state index in [2.05, 4.69) is 39.4 Å². The maximum atomic E-state index is 12.9. The molecule has 2 atom stereocenters. The number of hydrogen-bond acceptors (Lipinski definition) is 4. The molecular formula is C19H24N4O2. The van der Waals surface area contributed by atoms with Crippen molar-refractivity contribution in [3.05, 3.63) is 47.0 Å². The number of rotatable bonds is 3. The van der Waals surface area contributed by atoms with Gasteiger partial charge >= 0.3 is 0 Å². The monoisotopic (exact) mass is 340 g/mol. The molecule has 1 aliphatic carbocycles. The van der Waals surface area contributed by atoms with Crippen LogP contribution in [-0.2, 0) is 16.0 Å². The molecule has 0 saturated carbocycles. The summed E-state index contributed by atoms with van der Waals surface area (Å²) in [4.78, 5) is 19.1. The van der Waals surface area contributed by atoms with Gasteiger partial charge in [0, 0.05) is 13.0 Å². The van der Waals surface area contributed by atoms with Crippen LogP contribution in [0.25, 0.3) is 0 Å². The van der Waals surface area contributed by atoms with Gasteiger partial charge in [0.2, 0.25) is 5.91 Å². The number of nitrogens with one attached hydrogen (secondary N) is 1. The molecule has 2 aromatic rings. The molecule has 0 radical (unpaired) electrons. The Labute approximate surface area is 147 Å². The van der Waals surface area contributed by atoms with Gasteiger partial charge in [-0.25, -0.2) is 4.98 Å². The van der Waals surface area contributed by atoms with E-state index >= 15 is 0 Å². The molecule has 1 N–H and O–H groups in total. The quantitative estimate of drug-likeness (QED) is 0.932. The minimum absolute atomic E-state index is 0.210. The van der Waals surface area contributed by atoms with Crippen molar-refractivity contribution in [3.63, 3.8) is 0 Å². The minimum atomic E-state index is -0.235. The second-order valence-electron chi connectivity index (χ2n) is 6.97. The van der Waals surface area contributed by atoms with Crippen molar-refractivity contribution in [1.29, 1.82) is 0 Å². The first-order chi connectivity index (χ1) is 12.2. The standard InChI is InChI=1S/C19H24N4O2/c1-13-20-19(22-21-13)17-12-23(9-10-25-17)18(24)11-15-7-4-6-14-5-2-3-8-16(14)15/h2-3,5,8,15,17H,4,6-7,9-12H2,1H3,(H,20,21,22)/t15-,17-/m0/s1. The number of benzene rings is 1. The SMILES string of the molecule is Cc1nc([C@@H]2CN(C(=O)C[C@@H]3CCCc4ccccc43)CCO2)n[nH]1. The number of fused-ring (bicyclic) bond motifs is 1. The number of ether oxygens (including phenoxy) is 1. The molecule has 2 heterocycles. The normalized spacial score (nSPS) is 23.3. The fraction of sp³-hybridized carbons (Fsp3) is 0.526. The van der Waals surface area contributed by atoms with Gasteiger partial charge in [-0.1, -0.05) is 24.3 Å². The summed E-state index contributed by atoms with van der Waals surface area (Å²) in [6, 6.07) is 8.56. The van der Waals surface area contributed by atoms with Crippen LogP contribution in [0.5, 0.6) is 0 Å². The van der Waals surface area contributed by atoms with E-state index in [0.29, 0.717) is 37.9 Å². The van der Waals surface area contributed by atoms with E-state index < -0.39 is 0 Å². The molecular weight excluding hydrogens is 316 g/mol. The third-order valence-electron chi connectivity index (χ3n) is 5.24. The molecule has 1 aromatic carbocycles. The summed E-state index contributed by atoms with van der Waals surface area (Å²) in [6.07, 6.45) is 3.73. The number of aromatic nitrogens is 3. The Kier molecular flexibility index (Phi) is 4.53. The summed E-state index contributed by atoms with van der Waals surface area (Å²) in [5, 5.41) is 7.02. The highest BCUT2D eigenvalue weighted by atomic mass is 16.5. The van der Waals surface area contributed by atoms with Gasteiger partial charge in [-0.05, 0) is 43.2 Å². The molecule has 0 bridgehead atoms. The van der Waals surface area contributed by atoms with E-state index in [1.54, 1.807) is 0 Å². The topological polar surface area (TPSA) is 71.1 Å². The second-order valence-corrected chi connectivity index (χ2v) is 6.97. The van der Waals surface area contributed by atoms with Crippen LogP contribution in [0.4, 0.5) is 0 Å². The summed E-state index contributed by atoms with van der Waals surface area (Å²) < 4.78 is 5.77. The number of H-pyrrole nitrogens is 1. The van der Waals surface area contributed by atoms with Crippen LogP contribution >= 0.6 is 0 Å². The van der Waals surface area contributed by atoms with Gasteiger partial charge in [-0.3, -0.25) is 9.89 Å². The summed E-state index contributed by atoms with van der Waals surface area (Å²) >= 11 is 0. The molecule has 1 aromatic heterocycles. The zero-order chi connectivity index (χ0) is 17.2. The van der Waals surface area contributed by atoms with E-state index in [4.69, 9.17) is 4.74 Å². The molecule has 6 nitrogen and oxygen atoms in total. The predicted molar refractivity (Wildman–Crippen MR) is 93.1 cm³/mol. The third kappa shape index (κ3) is 3.44. The van der Waals surface area contributed by atoms with E-state index in [1.165, 1.54) is 11.1 Å². The van der Waals surface area contributed by atoms with Crippen LogP contribution in [0.1, 0.15) is 54.1 Å². The number of carbonyl (C=O) groups excluding carboxylic acids is 1. The first kappa shape index (κ1) is 16.3. The Hall–Kier alpha value is -2.21. The van der Waals surface area contributed by atoms with Crippen molar-refractivity contribution in [3.8, 4) is 0 Å². The zero-order valence-corrected chi connectivity index (χ0v) is 14.6. The smallest absolute Gasteiger partial charge is 0.223 e. The second kappa shape index (κ2) is 6.96. The Bertz CT molecular complexity index is 757. The van der Waals surface area contributed by atoms with Gasteiger partial charge in [0.25, 0.3) is 0 Å². The van der Waals surface area contributed by atoms with Gasteiger partial charge in [0.1, 0.15) is 11.9 Å². The first-order valence-electron chi connectivity index (χ1n) is 9.07. The molecule has 0 spiro atoms. The average Bonchev–Trinajstić information content (AvgIpc) is 3.09. The number of aryl methyl sites for hydroxylation is 2. The molecule has 1 saturated heterocycles. The van der Waals surface area contributed by atoms with Crippen LogP contribution in [0.2, 0.25) is 0 Å². The highest BCUT2D eigenvalue weighted by molar-refractivity contribution is 5.77. The Balaban J connectivity index is 1.43. The number of morpholine rings is 1. The number of carbonyl (C=O) groups is 1. The Morgan fingerprint density at radius 2 is 2.28 bits per heavy atom. The van der Waals surface area contributed by atoms with Crippen LogP contribution in [0.15, 0.2) is 24.3 Å². The van der Waals surface area contributed by atoms with Crippen molar-refractivity contribution in [2.24, 2.45) is 0 Å². The lowest BCUT2D eigenvalue weighted by molar-refractivity contribution is -0.139. The number of aromatic amines is 1. The molecule has 0 unspecified atom stereocenters. The van der Waals surface area contributed by atoms with Crippen LogP contribution in [0.3, 0.4) is 0 Å². The lowest BCUT2D eigenvalue weighted by atomic mass is 9.81. The molecule has 1 fully saturated rings. The van der Waals surface area contributed by atoms with Crippen LogP contribution in [0, 0.1) is 6.92 Å². The predicted octanol–water partition coefficient (Wildman–Crippen LogP) is 2.52. The molecule has 25 heavy (non-hydrogen) atoms. The number of hydrogen-bond donors (Lipinski definition) is 1. The fourth-order valence-electron chi connectivity index (χ4n) is 3.94. The van der Waals surface area contributed by atoms with E-state index in [-0.39, 0.29) is 12.0 Å². The lowest BCUT2D eigenvalue weighted by Crippen LogP contribution is -2.43. The van der Waals surface area contributed by atoms with Gasteiger partial charge in [-0.15, -0.1) is 0 Å². The summed E-state index contributed by atoms with van der Waals surface area (Å²) in [5.74, 6) is 1.95. The van der Waals surface area contributed by atoms with Crippen molar-refractivity contribution in [1.82, 2.24) is 20.1 Å². The molecule has 132 valence electrons. The summed E-state index contributed by atoms with van der Waals surface area (Å²) in [6.45, 7) is 3.58. The van der Waals surface area contributed by atoms with Gasteiger partial charge in [-0.2, -0.15) is 5.10 Å².